The van der Waals surface area contributed by atoms with E-state index in [1.165, 1.54) is 0 Å². The summed E-state index contributed by atoms with van der Waals surface area (Å²) in [5.74, 6) is -1.74. The zero-order chi connectivity index (χ0) is 12.4. The van der Waals surface area contributed by atoms with Crippen LogP contribution in [0.5, 0.6) is 0 Å². The van der Waals surface area contributed by atoms with E-state index in [0.717, 1.165) is 12.1 Å². The van der Waals surface area contributed by atoms with Gasteiger partial charge in [0.1, 0.15) is 0 Å². The Morgan fingerprint density at radius 2 is 1.76 bits per heavy atom. The molecule has 2 aromatic carbocycles. The number of benzene rings is 2. The predicted octanol–water partition coefficient (Wildman–Crippen LogP) is 3.81. The first-order valence-electron chi connectivity index (χ1n) is 5.08. The molecule has 0 saturated carbocycles. The smallest absolute Gasteiger partial charge is 0.159 e. The lowest BCUT2D eigenvalue weighted by atomic mass is 9.99. The highest BCUT2D eigenvalue weighted by atomic mass is 19.2. The van der Waals surface area contributed by atoms with Crippen LogP contribution in [0.15, 0.2) is 36.4 Å². The molecule has 3 heteroatoms. The summed E-state index contributed by atoms with van der Waals surface area (Å²) in [5, 5.41) is 8.79. The second-order valence-corrected chi connectivity index (χ2v) is 3.77. The molecule has 0 aromatic heterocycles. The molecule has 0 aliphatic rings. The van der Waals surface area contributed by atoms with Crippen molar-refractivity contribution in [2.45, 2.75) is 6.92 Å². The van der Waals surface area contributed by atoms with Crippen molar-refractivity contribution in [1.29, 1.82) is 5.26 Å². The zero-order valence-electron chi connectivity index (χ0n) is 9.17. The molecule has 0 atom stereocenters. The summed E-state index contributed by atoms with van der Waals surface area (Å²) in [6.07, 6.45) is 0. The molecule has 0 fully saturated rings. The first kappa shape index (κ1) is 11.3. The molecule has 0 radical (unpaired) electrons. The monoisotopic (exact) mass is 229 g/mol. The third kappa shape index (κ3) is 2.16. The lowest BCUT2D eigenvalue weighted by Crippen LogP contribution is -1.90. The van der Waals surface area contributed by atoms with Crippen LogP contribution >= 0.6 is 0 Å². The summed E-state index contributed by atoms with van der Waals surface area (Å²) in [6, 6.07) is 11.1. The molecule has 0 aliphatic carbocycles. The zero-order valence-corrected chi connectivity index (χ0v) is 9.17. The molecule has 0 N–H and O–H groups in total. The molecule has 2 rings (SSSR count). The minimum absolute atomic E-state index is 0.492. The Labute approximate surface area is 97.9 Å². The van der Waals surface area contributed by atoms with Crippen LogP contribution in [0.25, 0.3) is 11.1 Å². The van der Waals surface area contributed by atoms with Crippen molar-refractivity contribution in [3.63, 3.8) is 0 Å². The lowest BCUT2D eigenvalue weighted by Gasteiger charge is -2.07. The van der Waals surface area contributed by atoms with E-state index in [4.69, 9.17) is 5.26 Å². The second-order valence-electron chi connectivity index (χ2n) is 3.77. The molecule has 0 saturated heterocycles. The number of hydrogen-bond donors (Lipinski definition) is 0. The second kappa shape index (κ2) is 4.34. The van der Waals surface area contributed by atoms with Crippen LogP contribution < -0.4 is 0 Å². The normalized spacial score (nSPS) is 10.0. The molecule has 84 valence electrons. The highest BCUT2D eigenvalue weighted by molar-refractivity contribution is 5.68. The summed E-state index contributed by atoms with van der Waals surface area (Å²) in [4.78, 5) is 0. The molecule has 1 nitrogen and oxygen atoms in total. The molecule has 2 aromatic rings. The maximum absolute atomic E-state index is 13.2. The maximum Gasteiger partial charge on any atom is 0.159 e. The lowest BCUT2D eigenvalue weighted by molar-refractivity contribution is 0.508. The molecule has 0 amide bonds. The molecule has 0 unspecified atom stereocenters. The minimum atomic E-state index is -0.882. The number of nitriles is 1. The minimum Gasteiger partial charge on any atom is -0.204 e. The van der Waals surface area contributed by atoms with E-state index in [-0.39, 0.29) is 0 Å². The molecular weight excluding hydrogens is 220 g/mol. The summed E-state index contributed by atoms with van der Waals surface area (Å²) < 4.78 is 26.2. The summed E-state index contributed by atoms with van der Waals surface area (Å²) in [5.41, 5.74) is 2.44. The van der Waals surface area contributed by atoms with Crippen molar-refractivity contribution in [3.05, 3.63) is 59.2 Å². The van der Waals surface area contributed by atoms with Crippen LogP contribution in [-0.4, -0.2) is 0 Å². The quantitative estimate of drug-likeness (QED) is 0.729. The Hall–Kier alpha value is -2.21. The van der Waals surface area contributed by atoms with E-state index in [0.29, 0.717) is 22.3 Å². The van der Waals surface area contributed by atoms with Crippen molar-refractivity contribution >= 4 is 0 Å². The Balaban J connectivity index is 2.61. The van der Waals surface area contributed by atoms with Crippen molar-refractivity contribution in [3.8, 4) is 17.2 Å². The number of halogens is 2. The SMILES string of the molecule is Cc1cc(F)c(F)cc1-c1cccc(C#N)c1. The highest BCUT2D eigenvalue weighted by Crippen LogP contribution is 2.26. The van der Waals surface area contributed by atoms with Gasteiger partial charge in [0.2, 0.25) is 0 Å². The van der Waals surface area contributed by atoms with E-state index in [9.17, 15) is 8.78 Å². The summed E-state index contributed by atoms with van der Waals surface area (Å²) >= 11 is 0. The third-order valence-electron chi connectivity index (χ3n) is 2.57. The van der Waals surface area contributed by atoms with Gasteiger partial charge in [-0.05, 0) is 47.9 Å². The average molecular weight is 229 g/mol. The van der Waals surface area contributed by atoms with Gasteiger partial charge in [0.05, 0.1) is 11.6 Å². The van der Waals surface area contributed by atoms with Gasteiger partial charge in [0.25, 0.3) is 0 Å². The largest absolute Gasteiger partial charge is 0.204 e. The van der Waals surface area contributed by atoms with Gasteiger partial charge >= 0.3 is 0 Å². The number of hydrogen-bond acceptors (Lipinski definition) is 1. The van der Waals surface area contributed by atoms with Crippen molar-refractivity contribution in [1.82, 2.24) is 0 Å². The van der Waals surface area contributed by atoms with Gasteiger partial charge in [-0.25, -0.2) is 8.78 Å². The van der Waals surface area contributed by atoms with E-state index in [1.807, 2.05) is 6.07 Å². The third-order valence-corrected chi connectivity index (χ3v) is 2.57. The molecule has 17 heavy (non-hydrogen) atoms. The first-order valence-corrected chi connectivity index (χ1v) is 5.08. The van der Waals surface area contributed by atoms with Crippen molar-refractivity contribution in [2.75, 3.05) is 0 Å². The van der Waals surface area contributed by atoms with Gasteiger partial charge in [-0.1, -0.05) is 12.1 Å². The van der Waals surface area contributed by atoms with Crippen molar-refractivity contribution < 1.29 is 8.78 Å². The topological polar surface area (TPSA) is 23.8 Å². The molecule has 0 bridgehead atoms. The first-order chi connectivity index (χ1) is 8.11. The van der Waals surface area contributed by atoms with E-state index in [2.05, 4.69) is 0 Å². The van der Waals surface area contributed by atoms with Gasteiger partial charge < -0.3 is 0 Å². The van der Waals surface area contributed by atoms with Crippen LogP contribution in [-0.2, 0) is 0 Å². The van der Waals surface area contributed by atoms with Crippen LogP contribution in [0, 0.1) is 29.9 Å². The van der Waals surface area contributed by atoms with Gasteiger partial charge in [-0.3, -0.25) is 0 Å². The fourth-order valence-corrected chi connectivity index (χ4v) is 1.71. The summed E-state index contributed by atoms with van der Waals surface area (Å²) in [7, 11) is 0. The van der Waals surface area contributed by atoms with E-state index < -0.39 is 11.6 Å². The predicted molar refractivity (Wildman–Crippen MR) is 61.2 cm³/mol. The Morgan fingerprint density at radius 3 is 2.47 bits per heavy atom. The van der Waals surface area contributed by atoms with Crippen LogP contribution in [0.4, 0.5) is 8.78 Å². The Bertz CT molecular complexity index is 612. The molecule has 0 aliphatic heterocycles. The Kier molecular flexibility index (Phi) is 2.88. The molecule has 0 spiro atoms. The number of aryl methyl sites for hydroxylation is 1. The number of rotatable bonds is 1. The van der Waals surface area contributed by atoms with Gasteiger partial charge in [0, 0.05) is 0 Å². The molecule has 0 heterocycles. The fourth-order valence-electron chi connectivity index (χ4n) is 1.71. The number of nitrogens with zero attached hydrogens (tertiary/aromatic N) is 1. The summed E-state index contributed by atoms with van der Waals surface area (Å²) in [6.45, 7) is 1.71. The maximum atomic E-state index is 13.2. The van der Waals surface area contributed by atoms with Crippen LogP contribution in [0.3, 0.4) is 0 Å². The van der Waals surface area contributed by atoms with E-state index in [1.54, 1.807) is 31.2 Å². The fraction of sp³-hybridized carbons (Fsp3) is 0.0714. The Morgan fingerprint density at radius 1 is 1.06 bits per heavy atom. The van der Waals surface area contributed by atoms with E-state index >= 15 is 0 Å². The molecular formula is C14H9F2N. The van der Waals surface area contributed by atoms with Crippen LogP contribution in [0.2, 0.25) is 0 Å². The average Bonchev–Trinajstić information content (AvgIpc) is 2.34. The van der Waals surface area contributed by atoms with Gasteiger partial charge in [-0.15, -0.1) is 0 Å². The van der Waals surface area contributed by atoms with Gasteiger partial charge in [0.15, 0.2) is 11.6 Å². The van der Waals surface area contributed by atoms with Gasteiger partial charge in [-0.2, -0.15) is 5.26 Å². The van der Waals surface area contributed by atoms with Crippen molar-refractivity contribution in [2.24, 2.45) is 0 Å². The van der Waals surface area contributed by atoms with Crippen LogP contribution in [0.1, 0.15) is 11.1 Å². The standard InChI is InChI=1S/C14H9F2N/c1-9-5-13(15)14(16)7-12(9)11-4-2-3-10(6-11)8-17/h2-7H,1H3. The highest BCUT2D eigenvalue weighted by Gasteiger charge is 2.08.